The minimum atomic E-state index is -0.0538. The summed E-state index contributed by atoms with van der Waals surface area (Å²) in [6.07, 6.45) is 2.96. The maximum Gasteiger partial charge on any atom is 0.226 e. The molecule has 0 bridgehead atoms. The number of aryl methyl sites for hydroxylation is 1. The van der Waals surface area contributed by atoms with E-state index in [4.69, 9.17) is 11.6 Å². The molecule has 0 atom stereocenters. The van der Waals surface area contributed by atoms with Crippen molar-refractivity contribution in [1.82, 2.24) is 4.98 Å². The Hall–Kier alpha value is -3.18. The molecule has 2 aromatic carbocycles. The Morgan fingerprint density at radius 1 is 1.07 bits per heavy atom. The number of amides is 1. The number of phenolic OH excluding ortho intramolecular Hbond substituents is 1. The first-order valence-electron chi connectivity index (χ1n) is 9.72. The van der Waals surface area contributed by atoms with Gasteiger partial charge in [-0.25, -0.2) is 4.98 Å². The molecule has 3 aromatic rings. The van der Waals surface area contributed by atoms with Crippen molar-refractivity contribution in [3.63, 3.8) is 0 Å². The number of halogens is 1. The topological polar surface area (TPSA) is 70.5 Å². The number of ketones is 1. The molecule has 0 aliphatic heterocycles. The van der Waals surface area contributed by atoms with E-state index in [0.29, 0.717) is 35.5 Å². The molecule has 0 saturated carbocycles. The van der Waals surface area contributed by atoms with Crippen LogP contribution in [0.25, 0.3) is 11.1 Å². The van der Waals surface area contributed by atoms with Crippen molar-refractivity contribution in [3.8, 4) is 16.9 Å². The lowest BCUT2D eigenvalue weighted by Gasteiger charge is -2.17. The highest BCUT2D eigenvalue weighted by Gasteiger charge is 2.13. The summed E-state index contributed by atoms with van der Waals surface area (Å²) in [4.78, 5) is 29.9. The van der Waals surface area contributed by atoms with E-state index in [9.17, 15) is 14.7 Å². The van der Waals surface area contributed by atoms with Crippen LogP contribution in [0.1, 0.15) is 35.7 Å². The molecule has 3 rings (SSSR count). The quantitative estimate of drug-likeness (QED) is 0.414. The summed E-state index contributed by atoms with van der Waals surface area (Å²) in [7, 11) is 1.73. The summed E-state index contributed by atoms with van der Waals surface area (Å²) in [6, 6.07) is 15.9. The molecular weight excluding hydrogens is 400 g/mol. The Bertz CT molecular complexity index is 1050. The van der Waals surface area contributed by atoms with Gasteiger partial charge in [-0.1, -0.05) is 42.8 Å². The minimum Gasteiger partial charge on any atom is -0.507 e. The average Bonchev–Trinajstić information content (AvgIpc) is 2.77. The van der Waals surface area contributed by atoms with Gasteiger partial charge in [-0.2, -0.15) is 0 Å². The maximum absolute atomic E-state index is 12.5. The maximum atomic E-state index is 12.5. The first-order chi connectivity index (χ1) is 14.4. The molecule has 0 aliphatic rings. The van der Waals surface area contributed by atoms with Crippen molar-refractivity contribution in [2.24, 2.45) is 0 Å². The average molecular weight is 423 g/mol. The molecule has 1 amide bonds. The Labute approximate surface area is 181 Å². The van der Waals surface area contributed by atoms with Crippen molar-refractivity contribution in [2.45, 2.75) is 26.2 Å². The zero-order valence-electron chi connectivity index (χ0n) is 16.9. The third kappa shape index (κ3) is 5.05. The first kappa shape index (κ1) is 21.5. The highest BCUT2D eigenvalue weighted by molar-refractivity contribution is 6.29. The number of carbonyl (C=O) groups excluding carboxylic acids is 2. The van der Waals surface area contributed by atoms with Crippen LogP contribution in [0, 0.1) is 0 Å². The normalized spacial score (nSPS) is 10.6. The summed E-state index contributed by atoms with van der Waals surface area (Å²) in [5.74, 6) is 0.0180. The van der Waals surface area contributed by atoms with E-state index in [0.717, 1.165) is 16.8 Å². The lowest BCUT2D eigenvalue weighted by molar-refractivity contribution is -0.118. The van der Waals surface area contributed by atoms with Crippen molar-refractivity contribution in [3.05, 3.63) is 77.1 Å². The monoisotopic (exact) mass is 422 g/mol. The van der Waals surface area contributed by atoms with Crippen molar-refractivity contribution < 1.29 is 14.7 Å². The highest BCUT2D eigenvalue weighted by Crippen LogP contribution is 2.31. The van der Waals surface area contributed by atoms with Gasteiger partial charge in [-0.05, 0) is 47.9 Å². The highest BCUT2D eigenvalue weighted by atomic mass is 35.5. The van der Waals surface area contributed by atoms with Crippen LogP contribution < -0.4 is 4.90 Å². The van der Waals surface area contributed by atoms with Crippen LogP contribution in [-0.4, -0.2) is 28.8 Å². The van der Waals surface area contributed by atoms with Gasteiger partial charge in [0.05, 0.1) is 0 Å². The Balaban J connectivity index is 1.70. The predicted octanol–water partition coefficient (Wildman–Crippen LogP) is 5.30. The number of aromatic hydroxyl groups is 1. The molecule has 0 spiro atoms. The number of rotatable bonds is 7. The zero-order valence-corrected chi connectivity index (χ0v) is 17.7. The number of phenols is 1. The molecule has 0 aliphatic carbocycles. The van der Waals surface area contributed by atoms with Gasteiger partial charge in [-0.15, -0.1) is 0 Å². The van der Waals surface area contributed by atoms with Crippen LogP contribution in [0.5, 0.6) is 5.75 Å². The SMILES string of the molecule is CCC(=O)N(C)c1ccc(-c2ccc(C(=O)CCc3ccc(Cl)nc3)cc2O)cc1. The molecular formula is C24H23ClN2O3. The lowest BCUT2D eigenvalue weighted by atomic mass is 9.98. The largest absolute Gasteiger partial charge is 0.507 e. The molecule has 0 saturated heterocycles. The second-order valence-electron chi connectivity index (χ2n) is 7.00. The Morgan fingerprint density at radius 2 is 1.80 bits per heavy atom. The van der Waals surface area contributed by atoms with Gasteiger partial charge in [0, 0.05) is 42.9 Å². The van der Waals surface area contributed by atoms with Crippen LogP contribution in [0.2, 0.25) is 5.15 Å². The van der Waals surface area contributed by atoms with Crippen LogP contribution in [0.3, 0.4) is 0 Å². The number of aromatic nitrogens is 1. The molecule has 1 N–H and O–H groups in total. The van der Waals surface area contributed by atoms with Gasteiger partial charge >= 0.3 is 0 Å². The van der Waals surface area contributed by atoms with Gasteiger partial charge in [0.15, 0.2) is 5.78 Å². The zero-order chi connectivity index (χ0) is 21.7. The smallest absolute Gasteiger partial charge is 0.226 e. The number of carbonyl (C=O) groups is 2. The first-order valence-corrected chi connectivity index (χ1v) is 10.1. The van der Waals surface area contributed by atoms with Crippen LogP contribution in [0.15, 0.2) is 60.8 Å². The van der Waals surface area contributed by atoms with E-state index >= 15 is 0 Å². The van der Waals surface area contributed by atoms with Crippen LogP contribution in [-0.2, 0) is 11.2 Å². The molecule has 30 heavy (non-hydrogen) atoms. The van der Waals surface area contributed by atoms with Crippen molar-refractivity contribution >= 4 is 29.0 Å². The van der Waals surface area contributed by atoms with Gasteiger partial charge in [0.1, 0.15) is 10.9 Å². The van der Waals surface area contributed by atoms with Gasteiger partial charge in [-0.3, -0.25) is 9.59 Å². The molecule has 154 valence electrons. The number of Topliss-reactive ketones (excluding diaryl/α,β-unsaturated/α-hetero) is 1. The Morgan fingerprint density at radius 3 is 2.40 bits per heavy atom. The molecule has 1 aromatic heterocycles. The summed E-state index contributed by atoms with van der Waals surface area (Å²) < 4.78 is 0. The van der Waals surface area contributed by atoms with E-state index in [1.54, 1.807) is 36.3 Å². The second-order valence-corrected chi connectivity index (χ2v) is 7.38. The van der Waals surface area contributed by atoms with E-state index in [2.05, 4.69) is 4.98 Å². The number of nitrogens with zero attached hydrogens (tertiary/aromatic N) is 2. The second kappa shape index (κ2) is 9.55. The molecule has 1 heterocycles. The minimum absolute atomic E-state index is 0.0304. The summed E-state index contributed by atoms with van der Waals surface area (Å²) >= 11 is 5.77. The number of pyridine rings is 1. The van der Waals surface area contributed by atoms with E-state index in [1.807, 2.05) is 37.3 Å². The Kier molecular flexibility index (Phi) is 6.85. The van der Waals surface area contributed by atoms with Crippen LogP contribution in [0.4, 0.5) is 5.69 Å². The van der Waals surface area contributed by atoms with Gasteiger partial charge < -0.3 is 10.0 Å². The van der Waals surface area contributed by atoms with Crippen LogP contribution >= 0.6 is 11.6 Å². The lowest BCUT2D eigenvalue weighted by Crippen LogP contribution is -2.24. The summed E-state index contributed by atoms with van der Waals surface area (Å²) in [6.45, 7) is 1.82. The number of benzene rings is 2. The molecule has 0 unspecified atom stereocenters. The van der Waals surface area contributed by atoms with E-state index in [1.165, 1.54) is 6.07 Å². The van der Waals surface area contributed by atoms with Gasteiger partial charge in [0.2, 0.25) is 5.91 Å². The summed E-state index contributed by atoms with van der Waals surface area (Å²) in [5.41, 5.74) is 3.61. The molecule has 6 heteroatoms. The van der Waals surface area contributed by atoms with Crippen molar-refractivity contribution in [1.29, 1.82) is 0 Å². The number of anilines is 1. The fourth-order valence-electron chi connectivity index (χ4n) is 3.15. The molecule has 5 nitrogen and oxygen atoms in total. The van der Waals surface area contributed by atoms with Crippen molar-refractivity contribution in [2.75, 3.05) is 11.9 Å². The summed E-state index contributed by atoms with van der Waals surface area (Å²) in [5, 5.41) is 10.9. The third-order valence-electron chi connectivity index (χ3n) is 4.99. The molecule has 0 radical (unpaired) electrons. The fraction of sp³-hybridized carbons (Fsp3) is 0.208. The molecule has 0 fully saturated rings. The predicted molar refractivity (Wildman–Crippen MR) is 119 cm³/mol. The van der Waals surface area contributed by atoms with E-state index < -0.39 is 0 Å². The van der Waals surface area contributed by atoms with E-state index in [-0.39, 0.29) is 17.4 Å². The third-order valence-corrected chi connectivity index (χ3v) is 5.21. The van der Waals surface area contributed by atoms with Gasteiger partial charge in [0.25, 0.3) is 0 Å². The number of hydrogen-bond donors (Lipinski definition) is 1. The fourth-order valence-corrected chi connectivity index (χ4v) is 3.26. The number of hydrogen-bond acceptors (Lipinski definition) is 4. The standard InChI is InChI=1S/C24H23ClN2O3/c1-3-24(30)27(2)19-9-6-17(7-10-19)20-11-8-18(14-22(20)29)21(28)12-4-16-5-13-23(25)26-15-16/h5-11,13-15,29H,3-4,12H2,1-2H3.